The fraction of sp³-hybridized carbons (Fsp3) is 0.909. The van der Waals surface area contributed by atoms with Crippen molar-refractivity contribution in [3.8, 4) is 0 Å². The molecule has 0 aliphatic rings. The largest absolute Gasteiger partial charge is 0.466 e. The molecule has 14 heavy (non-hydrogen) atoms. The maximum atomic E-state index is 11.2. The van der Waals surface area contributed by atoms with Gasteiger partial charge in [0.05, 0.1) is 13.0 Å². The summed E-state index contributed by atoms with van der Waals surface area (Å²) >= 11 is 0. The molecule has 2 N–H and O–H groups in total. The quantitative estimate of drug-likeness (QED) is 0.669. The summed E-state index contributed by atoms with van der Waals surface area (Å²) in [6.07, 6.45) is 2.23. The number of hydrogen-bond acceptors (Lipinski definition) is 3. The van der Waals surface area contributed by atoms with E-state index in [4.69, 9.17) is 10.5 Å². The van der Waals surface area contributed by atoms with Gasteiger partial charge in [0.25, 0.3) is 0 Å². The molecule has 1 unspecified atom stereocenters. The number of carbonyl (C=O) groups is 1. The van der Waals surface area contributed by atoms with Crippen LogP contribution in [0.3, 0.4) is 0 Å². The van der Waals surface area contributed by atoms with Gasteiger partial charge in [-0.3, -0.25) is 4.79 Å². The minimum absolute atomic E-state index is 0.193. The highest BCUT2D eigenvalue weighted by Gasteiger charge is 2.23. The molecule has 0 aromatic heterocycles. The Morgan fingerprint density at radius 3 is 2.50 bits per heavy atom. The highest BCUT2D eigenvalue weighted by molar-refractivity contribution is 5.70. The summed E-state index contributed by atoms with van der Waals surface area (Å²) in [5.41, 5.74) is 5.58. The van der Waals surface area contributed by atoms with E-state index in [0.29, 0.717) is 18.9 Å². The number of rotatable bonds is 6. The smallest absolute Gasteiger partial charge is 0.307 e. The zero-order valence-electron chi connectivity index (χ0n) is 9.80. The van der Waals surface area contributed by atoms with E-state index >= 15 is 0 Å². The van der Waals surface area contributed by atoms with Crippen LogP contribution in [0.2, 0.25) is 0 Å². The van der Waals surface area contributed by atoms with Gasteiger partial charge in [0.2, 0.25) is 0 Å². The first kappa shape index (κ1) is 13.4. The molecule has 84 valence electrons. The molecule has 3 nitrogen and oxygen atoms in total. The molecule has 0 spiro atoms. The Hall–Kier alpha value is -0.570. The Morgan fingerprint density at radius 1 is 1.50 bits per heavy atom. The molecule has 0 aliphatic carbocycles. The molecule has 0 aromatic carbocycles. The zero-order chi connectivity index (χ0) is 11.2. The van der Waals surface area contributed by atoms with Gasteiger partial charge in [-0.2, -0.15) is 0 Å². The van der Waals surface area contributed by atoms with E-state index < -0.39 is 5.54 Å². The molecule has 0 aliphatic heterocycles. The summed E-state index contributed by atoms with van der Waals surface area (Å²) in [6.45, 7) is 8.45. The topological polar surface area (TPSA) is 52.3 Å². The lowest BCUT2D eigenvalue weighted by atomic mass is 9.90. The Morgan fingerprint density at radius 2 is 2.07 bits per heavy atom. The molecular formula is C11H23NO2. The normalized spacial score (nSPS) is 15.3. The summed E-state index contributed by atoms with van der Waals surface area (Å²) in [5.74, 6) is 0.432. The van der Waals surface area contributed by atoms with Crippen molar-refractivity contribution in [2.24, 2.45) is 11.7 Å². The first-order valence-corrected chi connectivity index (χ1v) is 5.32. The summed E-state index contributed by atoms with van der Waals surface area (Å²) in [5, 5.41) is 0. The molecule has 0 heterocycles. The third kappa shape index (κ3) is 6.89. The number of carbonyl (C=O) groups excluding carboxylic acids is 1. The minimum atomic E-state index is -0.420. The highest BCUT2D eigenvalue weighted by atomic mass is 16.5. The third-order valence-corrected chi connectivity index (χ3v) is 2.15. The molecule has 0 rings (SSSR count). The highest BCUT2D eigenvalue weighted by Crippen LogP contribution is 2.17. The minimum Gasteiger partial charge on any atom is -0.466 e. The number of esters is 1. The predicted molar refractivity (Wildman–Crippen MR) is 57.9 cm³/mol. The van der Waals surface area contributed by atoms with Gasteiger partial charge >= 0.3 is 5.97 Å². The summed E-state index contributed by atoms with van der Waals surface area (Å²) < 4.78 is 4.87. The standard InChI is InChI=1S/C11H23NO2/c1-5-14-10(13)8-11(4,12)7-6-9(2)3/h9H,5-8,12H2,1-4H3. The van der Waals surface area contributed by atoms with Crippen molar-refractivity contribution in [2.75, 3.05) is 6.61 Å². The van der Waals surface area contributed by atoms with Crippen molar-refractivity contribution in [2.45, 2.75) is 52.5 Å². The van der Waals surface area contributed by atoms with E-state index in [0.717, 1.165) is 12.8 Å². The molecule has 0 bridgehead atoms. The van der Waals surface area contributed by atoms with Gasteiger partial charge in [-0.1, -0.05) is 13.8 Å². The molecule has 0 saturated carbocycles. The van der Waals surface area contributed by atoms with E-state index in [9.17, 15) is 4.79 Å². The van der Waals surface area contributed by atoms with E-state index in [1.807, 2.05) is 6.92 Å². The second-order valence-electron chi connectivity index (χ2n) is 4.57. The molecule has 1 atom stereocenters. The van der Waals surface area contributed by atoms with Crippen LogP contribution in [0.1, 0.15) is 47.0 Å². The van der Waals surface area contributed by atoms with Gasteiger partial charge < -0.3 is 10.5 Å². The zero-order valence-corrected chi connectivity index (χ0v) is 9.80. The monoisotopic (exact) mass is 201 g/mol. The molecule has 0 amide bonds. The van der Waals surface area contributed by atoms with E-state index in [1.54, 1.807) is 6.92 Å². The van der Waals surface area contributed by atoms with Crippen LogP contribution >= 0.6 is 0 Å². The van der Waals surface area contributed by atoms with Crippen LogP contribution in [0.5, 0.6) is 0 Å². The van der Waals surface area contributed by atoms with Gasteiger partial charge in [-0.15, -0.1) is 0 Å². The van der Waals surface area contributed by atoms with Gasteiger partial charge in [0.1, 0.15) is 0 Å². The molecule has 0 aromatic rings. The first-order valence-electron chi connectivity index (χ1n) is 5.32. The lowest BCUT2D eigenvalue weighted by Crippen LogP contribution is -2.39. The molecular weight excluding hydrogens is 178 g/mol. The molecule has 3 heteroatoms. The van der Waals surface area contributed by atoms with Crippen molar-refractivity contribution in [3.05, 3.63) is 0 Å². The lowest BCUT2D eigenvalue weighted by Gasteiger charge is -2.24. The van der Waals surface area contributed by atoms with Crippen LogP contribution in [-0.2, 0) is 9.53 Å². The summed E-state index contributed by atoms with van der Waals surface area (Å²) in [4.78, 5) is 11.2. The van der Waals surface area contributed by atoms with Crippen molar-refractivity contribution in [1.29, 1.82) is 0 Å². The molecule has 0 fully saturated rings. The van der Waals surface area contributed by atoms with Crippen LogP contribution in [0.15, 0.2) is 0 Å². The number of ether oxygens (including phenoxy) is 1. The van der Waals surface area contributed by atoms with Gasteiger partial charge in [-0.25, -0.2) is 0 Å². The van der Waals surface area contributed by atoms with E-state index in [-0.39, 0.29) is 5.97 Å². The van der Waals surface area contributed by atoms with Crippen LogP contribution in [0.25, 0.3) is 0 Å². The second kappa shape index (κ2) is 6.02. The van der Waals surface area contributed by atoms with Gasteiger partial charge in [-0.05, 0) is 32.6 Å². The Labute approximate surface area is 87.0 Å². The van der Waals surface area contributed by atoms with Crippen molar-refractivity contribution in [3.63, 3.8) is 0 Å². The Kier molecular flexibility index (Phi) is 5.77. The van der Waals surface area contributed by atoms with Crippen LogP contribution < -0.4 is 5.73 Å². The second-order valence-corrected chi connectivity index (χ2v) is 4.57. The van der Waals surface area contributed by atoms with Crippen LogP contribution in [0, 0.1) is 5.92 Å². The van der Waals surface area contributed by atoms with E-state index in [1.165, 1.54) is 0 Å². The van der Waals surface area contributed by atoms with Crippen molar-refractivity contribution in [1.82, 2.24) is 0 Å². The average molecular weight is 201 g/mol. The van der Waals surface area contributed by atoms with Crippen LogP contribution in [0.4, 0.5) is 0 Å². The van der Waals surface area contributed by atoms with Gasteiger partial charge in [0, 0.05) is 5.54 Å². The predicted octanol–water partition coefficient (Wildman–Crippen LogP) is 2.09. The maximum Gasteiger partial charge on any atom is 0.307 e. The summed E-state index contributed by atoms with van der Waals surface area (Å²) in [7, 11) is 0. The third-order valence-electron chi connectivity index (χ3n) is 2.15. The van der Waals surface area contributed by atoms with Crippen LogP contribution in [-0.4, -0.2) is 18.1 Å². The van der Waals surface area contributed by atoms with E-state index in [2.05, 4.69) is 13.8 Å². The Bertz CT molecular complexity index is 176. The fourth-order valence-corrected chi connectivity index (χ4v) is 1.25. The average Bonchev–Trinajstić information content (AvgIpc) is 2.00. The SMILES string of the molecule is CCOC(=O)CC(C)(N)CCC(C)C. The van der Waals surface area contributed by atoms with Crippen molar-refractivity contribution < 1.29 is 9.53 Å². The Balaban J connectivity index is 3.87. The number of hydrogen-bond donors (Lipinski definition) is 1. The maximum absolute atomic E-state index is 11.2. The molecule has 0 saturated heterocycles. The van der Waals surface area contributed by atoms with Crippen molar-refractivity contribution >= 4 is 5.97 Å². The number of nitrogens with two attached hydrogens (primary N) is 1. The summed E-state index contributed by atoms with van der Waals surface area (Å²) in [6, 6.07) is 0. The first-order chi connectivity index (χ1) is 6.37. The fourth-order valence-electron chi connectivity index (χ4n) is 1.25. The van der Waals surface area contributed by atoms with Gasteiger partial charge in [0.15, 0.2) is 0 Å². The lowest BCUT2D eigenvalue weighted by molar-refractivity contribution is -0.144. The molecule has 0 radical (unpaired) electrons.